The van der Waals surface area contributed by atoms with E-state index in [0.717, 1.165) is 43.8 Å². The zero-order valence-electron chi connectivity index (χ0n) is 16.4. The van der Waals surface area contributed by atoms with E-state index in [1.54, 1.807) is 19.2 Å². The third-order valence-electron chi connectivity index (χ3n) is 5.09. The second-order valence-electron chi connectivity index (χ2n) is 6.88. The van der Waals surface area contributed by atoms with Crippen molar-refractivity contribution in [1.82, 2.24) is 10.2 Å². The number of alkyl halides is 3. The molecule has 0 radical (unpaired) electrons. The molecule has 2 aromatic rings. The van der Waals surface area contributed by atoms with Gasteiger partial charge in [0.2, 0.25) is 0 Å². The number of nitrogens with one attached hydrogen (secondary N) is 1. The van der Waals surface area contributed by atoms with Crippen molar-refractivity contribution in [3.8, 4) is 11.5 Å². The van der Waals surface area contributed by atoms with Crippen LogP contribution >= 0.6 is 11.6 Å². The van der Waals surface area contributed by atoms with Gasteiger partial charge in [-0.05, 0) is 48.9 Å². The van der Waals surface area contributed by atoms with Crippen LogP contribution in [-0.4, -0.2) is 45.3 Å². The summed E-state index contributed by atoms with van der Waals surface area (Å²) < 4.78 is 51.1. The van der Waals surface area contributed by atoms with Crippen LogP contribution in [0.3, 0.4) is 0 Å². The van der Waals surface area contributed by atoms with Crippen molar-refractivity contribution in [1.29, 1.82) is 0 Å². The fraction of sp³-hybridized carbons (Fsp3) is 0.429. The first-order valence-electron chi connectivity index (χ1n) is 9.38. The van der Waals surface area contributed by atoms with Crippen molar-refractivity contribution >= 4 is 11.6 Å². The molecule has 0 saturated carbocycles. The third kappa shape index (κ3) is 4.97. The first-order chi connectivity index (χ1) is 13.8. The lowest BCUT2D eigenvalue weighted by Crippen LogP contribution is -2.33. The van der Waals surface area contributed by atoms with Gasteiger partial charge in [0.25, 0.3) is 0 Å². The summed E-state index contributed by atoms with van der Waals surface area (Å²) in [6, 6.07) is 8.34. The quantitative estimate of drug-likeness (QED) is 0.744. The highest BCUT2D eigenvalue weighted by Crippen LogP contribution is 2.41. The minimum Gasteiger partial charge on any atom is -0.497 e. The van der Waals surface area contributed by atoms with E-state index in [4.69, 9.17) is 21.1 Å². The zero-order chi connectivity index (χ0) is 21.0. The normalized spacial score (nSPS) is 16.9. The molecular weight excluding hydrogens is 405 g/mol. The van der Waals surface area contributed by atoms with Crippen LogP contribution in [0.5, 0.6) is 11.5 Å². The molecule has 1 saturated heterocycles. The first-order valence-corrected chi connectivity index (χ1v) is 9.76. The fourth-order valence-electron chi connectivity index (χ4n) is 3.66. The van der Waals surface area contributed by atoms with E-state index in [1.807, 2.05) is 6.07 Å². The van der Waals surface area contributed by atoms with Gasteiger partial charge in [-0.3, -0.25) is 4.90 Å². The summed E-state index contributed by atoms with van der Waals surface area (Å²) in [5.41, 5.74) is 0.436. The number of nitrogens with zero attached hydrogens (tertiary/aromatic N) is 1. The van der Waals surface area contributed by atoms with E-state index in [1.165, 1.54) is 13.2 Å². The molecule has 3 rings (SSSR count). The minimum absolute atomic E-state index is 0.290. The van der Waals surface area contributed by atoms with Crippen molar-refractivity contribution in [2.75, 3.05) is 40.4 Å². The number of halogens is 4. The Morgan fingerprint density at radius 1 is 1.00 bits per heavy atom. The van der Waals surface area contributed by atoms with Gasteiger partial charge in [-0.2, -0.15) is 13.2 Å². The molecule has 0 aliphatic carbocycles. The SMILES string of the molecule is COc1ccc(C(c2cc(C(F)(F)F)ccc2Cl)N2CCCNCC2)c(OC)c1. The summed E-state index contributed by atoms with van der Waals surface area (Å²) in [4.78, 5) is 2.14. The fourth-order valence-corrected chi connectivity index (χ4v) is 3.88. The minimum atomic E-state index is -4.45. The summed E-state index contributed by atoms with van der Waals surface area (Å²) in [5.74, 6) is 1.15. The van der Waals surface area contributed by atoms with Crippen molar-refractivity contribution in [3.05, 3.63) is 58.1 Å². The Labute approximate surface area is 173 Å². The van der Waals surface area contributed by atoms with Crippen LogP contribution in [0, 0.1) is 0 Å². The lowest BCUT2D eigenvalue weighted by molar-refractivity contribution is -0.137. The van der Waals surface area contributed by atoms with Crippen molar-refractivity contribution in [2.24, 2.45) is 0 Å². The Hall–Kier alpha value is -1.96. The van der Waals surface area contributed by atoms with Gasteiger partial charge in [0.05, 0.1) is 25.8 Å². The summed E-state index contributed by atoms with van der Waals surface area (Å²) in [5, 5.41) is 3.62. The Balaban J connectivity index is 2.17. The predicted octanol–water partition coefficient (Wildman–Crippen LogP) is 4.76. The predicted molar refractivity (Wildman–Crippen MR) is 107 cm³/mol. The summed E-state index contributed by atoms with van der Waals surface area (Å²) in [6.07, 6.45) is -3.57. The number of rotatable bonds is 5. The van der Waals surface area contributed by atoms with Crippen molar-refractivity contribution in [2.45, 2.75) is 18.6 Å². The lowest BCUT2D eigenvalue weighted by atomic mass is 9.94. The molecule has 158 valence electrons. The Morgan fingerprint density at radius 2 is 1.79 bits per heavy atom. The molecule has 1 unspecified atom stereocenters. The Morgan fingerprint density at radius 3 is 2.48 bits per heavy atom. The van der Waals surface area contributed by atoms with Gasteiger partial charge in [-0.15, -0.1) is 0 Å². The molecule has 1 aliphatic heterocycles. The Kier molecular flexibility index (Phi) is 6.93. The number of benzene rings is 2. The van der Waals surface area contributed by atoms with E-state index >= 15 is 0 Å². The van der Waals surface area contributed by atoms with E-state index in [2.05, 4.69) is 10.2 Å². The van der Waals surface area contributed by atoms with Crippen LogP contribution in [0.1, 0.15) is 29.2 Å². The summed E-state index contributed by atoms with van der Waals surface area (Å²) in [6.45, 7) is 3.00. The lowest BCUT2D eigenvalue weighted by Gasteiger charge is -2.33. The Bertz CT molecular complexity index is 837. The maximum atomic E-state index is 13.4. The zero-order valence-corrected chi connectivity index (χ0v) is 17.1. The molecule has 1 atom stereocenters. The molecule has 1 fully saturated rings. The van der Waals surface area contributed by atoms with Crippen LogP contribution in [0.4, 0.5) is 13.2 Å². The van der Waals surface area contributed by atoms with Gasteiger partial charge in [0.1, 0.15) is 11.5 Å². The number of ether oxygens (including phenoxy) is 2. The second kappa shape index (κ2) is 9.24. The molecule has 0 spiro atoms. The highest BCUT2D eigenvalue weighted by atomic mass is 35.5. The van der Waals surface area contributed by atoms with Gasteiger partial charge >= 0.3 is 6.18 Å². The van der Waals surface area contributed by atoms with Crippen LogP contribution in [0.2, 0.25) is 5.02 Å². The monoisotopic (exact) mass is 428 g/mol. The topological polar surface area (TPSA) is 33.7 Å². The van der Waals surface area contributed by atoms with Crippen LogP contribution < -0.4 is 14.8 Å². The van der Waals surface area contributed by atoms with E-state index < -0.39 is 17.8 Å². The molecule has 4 nitrogen and oxygen atoms in total. The highest BCUT2D eigenvalue weighted by Gasteiger charge is 2.34. The third-order valence-corrected chi connectivity index (χ3v) is 5.44. The first kappa shape index (κ1) is 21.7. The molecule has 0 bridgehead atoms. The molecule has 2 aromatic carbocycles. The largest absolute Gasteiger partial charge is 0.497 e. The molecular formula is C21H24ClF3N2O2. The number of hydrogen-bond donors (Lipinski definition) is 1. The van der Waals surface area contributed by atoms with E-state index in [0.29, 0.717) is 23.6 Å². The molecule has 0 amide bonds. The molecule has 1 heterocycles. The van der Waals surface area contributed by atoms with Crippen LogP contribution in [-0.2, 0) is 6.18 Å². The van der Waals surface area contributed by atoms with Crippen molar-refractivity contribution in [3.63, 3.8) is 0 Å². The molecule has 29 heavy (non-hydrogen) atoms. The number of methoxy groups -OCH3 is 2. The maximum Gasteiger partial charge on any atom is 0.416 e. The number of hydrogen-bond acceptors (Lipinski definition) is 4. The van der Waals surface area contributed by atoms with Gasteiger partial charge in [-0.1, -0.05) is 11.6 Å². The van der Waals surface area contributed by atoms with Gasteiger partial charge in [-0.25, -0.2) is 0 Å². The van der Waals surface area contributed by atoms with Crippen LogP contribution in [0.25, 0.3) is 0 Å². The van der Waals surface area contributed by atoms with E-state index in [9.17, 15) is 13.2 Å². The molecule has 1 aliphatic rings. The standard InChI is InChI=1S/C21H24ClF3N2O2/c1-28-15-5-6-16(19(13-15)29-2)20(27-10-3-8-26-9-11-27)17-12-14(21(23,24)25)4-7-18(17)22/h4-7,12-13,20,26H,3,8-11H2,1-2H3. The molecule has 1 N–H and O–H groups in total. The summed E-state index contributed by atoms with van der Waals surface area (Å²) in [7, 11) is 3.09. The van der Waals surface area contributed by atoms with Gasteiger partial charge in [0.15, 0.2) is 0 Å². The van der Waals surface area contributed by atoms with E-state index in [-0.39, 0.29) is 5.02 Å². The van der Waals surface area contributed by atoms with Crippen molar-refractivity contribution < 1.29 is 22.6 Å². The van der Waals surface area contributed by atoms with Gasteiger partial charge in [0, 0.05) is 36.3 Å². The average Bonchev–Trinajstić information content (AvgIpc) is 2.98. The highest BCUT2D eigenvalue weighted by molar-refractivity contribution is 6.31. The molecule has 8 heteroatoms. The molecule has 0 aromatic heterocycles. The summed E-state index contributed by atoms with van der Waals surface area (Å²) >= 11 is 6.43. The smallest absolute Gasteiger partial charge is 0.416 e. The van der Waals surface area contributed by atoms with Crippen LogP contribution in [0.15, 0.2) is 36.4 Å². The maximum absolute atomic E-state index is 13.4. The second-order valence-corrected chi connectivity index (χ2v) is 7.29. The van der Waals surface area contributed by atoms with Gasteiger partial charge < -0.3 is 14.8 Å². The average molecular weight is 429 g/mol.